The summed E-state index contributed by atoms with van der Waals surface area (Å²) < 4.78 is 5.95. The van der Waals surface area contributed by atoms with Crippen LogP contribution >= 0.6 is 11.8 Å². The summed E-state index contributed by atoms with van der Waals surface area (Å²) in [6.07, 6.45) is 0.259. The molecule has 1 fully saturated rings. The number of hydrogen-bond acceptors (Lipinski definition) is 3. The number of thioether (sulfide) groups is 1. The van der Waals surface area contributed by atoms with Gasteiger partial charge in [-0.1, -0.05) is 42.5 Å². The first-order valence-corrected chi connectivity index (χ1v) is 7.90. The molecule has 0 aromatic heterocycles. The maximum Gasteiger partial charge on any atom is 0.0860 e. The van der Waals surface area contributed by atoms with Crippen LogP contribution in [0.4, 0.5) is 0 Å². The Morgan fingerprint density at radius 3 is 2.84 bits per heavy atom. The lowest BCUT2D eigenvalue weighted by Crippen LogP contribution is -2.36. The smallest absolute Gasteiger partial charge is 0.0860 e. The van der Waals surface area contributed by atoms with Crippen LogP contribution in [0.5, 0.6) is 0 Å². The minimum atomic E-state index is 0.259. The van der Waals surface area contributed by atoms with Crippen molar-refractivity contribution in [2.24, 2.45) is 0 Å². The van der Waals surface area contributed by atoms with Gasteiger partial charge in [0.25, 0.3) is 0 Å². The van der Waals surface area contributed by atoms with E-state index in [9.17, 15) is 0 Å². The highest BCUT2D eigenvalue weighted by atomic mass is 32.2. The van der Waals surface area contributed by atoms with Crippen LogP contribution in [0.1, 0.15) is 11.6 Å². The zero-order valence-electron chi connectivity index (χ0n) is 11.1. The first-order chi connectivity index (χ1) is 9.40. The zero-order chi connectivity index (χ0) is 13.1. The number of benzene rings is 2. The van der Waals surface area contributed by atoms with E-state index in [4.69, 9.17) is 4.74 Å². The Bertz CT molecular complexity index is 546. The SMILES string of the molecule is CNC(c1cccc2ccccc12)C1CSCCO1. The quantitative estimate of drug-likeness (QED) is 0.927. The predicted molar refractivity (Wildman–Crippen MR) is 82.8 cm³/mol. The highest BCUT2D eigenvalue weighted by molar-refractivity contribution is 7.99. The Morgan fingerprint density at radius 2 is 2.05 bits per heavy atom. The Balaban J connectivity index is 2.00. The Kier molecular flexibility index (Phi) is 4.06. The van der Waals surface area contributed by atoms with Gasteiger partial charge in [-0.05, 0) is 23.4 Å². The van der Waals surface area contributed by atoms with E-state index in [2.05, 4.69) is 47.8 Å². The second kappa shape index (κ2) is 5.95. The number of ether oxygens (including phenoxy) is 1. The van der Waals surface area contributed by atoms with Gasteiger partial charge >= 0.3 is 0 Å². The molecule has 0 saturated carbocycles. The summed E-state index contributed by atoms with van der Waals surface area (Å²) in [6, 6.07) is 15.3. The molecule has 100 valence electrons. The summed E-state index contributed by atoms with van der Waals surface area (Å²) in [5, 5.41) is 6.06. The molecule has 2 aromatic rings. The molecule has 3 heteroatoms. The summed E-state index contributed by atoms with van der Waals surface area (Å²) in [6.45, 7) is 0.859. The van der Waals surface area contributed by atoms with Gasteiger partial charge in [-0.2, -0.15) is 11.8 Å². The first kappa shape index (κ1) is 13.0. The van der Waals surface area contributed by atoms with Gasteiger partial charge in [0.1, 0.15) is 0 Å². The molecule has 2 atom stereocenters. The topological polar surface area (TPSA) is 21.3 Å². The molecule has 19 heavy (non-hydrogen) atoms. The molecule has 0 amide bonds. The van der Waals surface area contributed by atoms with Crippen molar-refractivity contribution in [1.29, 1.82) is 0 Å². The average Bonchev–Trinajstić information content (AvgIpc) is 2.49. The molecule has 1 saturated heterocycles. The van der Waals surface area contributed by atoms with E-state index >= 15 is 0 Å². The van der Waals surface area contributed by atoms with Gasteiger partial charge < -0.3 is 10.1 Å². The molecule has 1 aliphatic heterocycles. The minimum absolute atomic E-state index is 0.259. The van der Waals surface area contributed by atoms with Crippen LogP contribution < -0.4 is 5.32 Å². The third-order valence-electron chi connectivity index (χ3n) is 3.68. The average molecular weight is 273 g/mol. The third-order valence-corrected chi connectivity index (χ3v) is 4.70. The lowest BCUT2D eigenvalue weighted by Gasteiger charge is -2.31. The lowest BCUT2D eigenvalue weighted by atomic mass is 9.96. The predicted octanol–water partition coefficient (Wildman–Crippen LogP) is 3.23. The number of nitrogens with one attached hydrogen (secondary N) is 1. The Labute approximate surface area is 118 Å². The maximum atomic E-state index is 5.95. The van der Waals surface area contributed by atoms with E-state index in [1.807, 2.05) is 18.8 Å². The van der Waals surface area contributed by atoms with Crippen LogP contribution in [0.15, 0.2) is 42.5 Å². The normalized spacial score (nSPS) is 21.4. The van der Waals surface area contributed by atoms with Crippen LogP contribution in [0, 0.1) is 0 Å². The van der Waals surface area contributed by atoms with Gasteiger partial charge in [0, 0.05) is 11.5 Å². The molecule has 3 rings (SSSR count). The van der Waals surface area contributed by atoms with E-state index in [1.54, 1.807) is 0 Å². The molecule has 0 radical (unpaired) electrons. The fourth-order valence-electron chi connectivity index (χ4n) is 2.76. The Morgan fingerprint density at radius 1 is 1.21 bits per heavy atom. The summed E-state index contributed by atoms with van der Waals surface area (Å²) in [5.41, 5.74) is 1.34. The molecular weight excluding hydrogens is 254 g/mol. The lowest BCUT2D eigenvalue weighted by molar-refractivity contribution is 0.0492. The van der Waals surface area contributed by atoms with Gasteiger partial charge in [0.05, 0.1) is 18.8 Å². The number of hydrogen-bond donors (Lipinski definition) is 1. The van der Waals surface area contributed by atoms with Gasteiger partial charge in [0.2, 0.25) is 0 Å². The standard InChI is InChI=1S/C16H19NOS/c1-17-16(15-11-19-10-9-18-15)14-8-4-6-12-5-2-3-7-13(12)14/h2-8,15-17H,9-11H2,1H3. The van der Waals surface area contributed by atoms with Crippen molar-refractivity contribution in [3.8, 4) is 0 Å². The second-order valence-corrected chi connectivity index (χ2v) is 5.97. The zero-order valence-corrected chi connectivity index (χ0v) is 12.0. The summed E-state index contributed by atoms with van der Waals surface area (Å²) >= 11 is 1.98. The van der Waals surface area contributed by atoms with Crippen molar-refractivity contribution in [2.75, 3.05) is 25.2 Å². The highest BCUT2D eigenvalue weighted by Gasteiger charge is 2.26. The summed E-state index contributed by atoms with van der Waals surface area (Å²) in [4.78, 5) is 0. The first-order valence-electron chi connectivity index (χ1n) is 6.74. The van der Waals surface area contributed by atoms with Crippen LogP contribution in [0.25, 0.3) is 10.8 Å². The van der Waals surface area contributed by atoms with Crippen LogP contribution in [0.2, 0.25) is 0 Å². The second-order valence-electron chi connectivity index (χ2n) is 4.82. The molecule has 2 nitrogen and oxygen atoms in total. The molecule has 1 N–H and O–H groups in total. The van der Waals surface area contributed by atoms with Crippen LogP contribution in [0.3, 0.4) is 0 Å². The molecule has 2 aromatic carbocycles. The van der Waals surface area contributed by atoms with Crippen molar-refractivity contribution in [1.82, 2.24) is 5.32 Å². The molecule has 1 heterocycles. The van der Waals surface area contributed by atoms with Crippen LogP contribution in [-0.4, -0.2) is 31.3 Å². The molecule has 0 aliphatic carbocycles. The van der Waals surface area contributed by atoms with Crippen molar-refractivity contribution in [3.05, 3.63) is 48.0 Å². The van der Waals surface area contributed by atoms with E-state index < -0.39 is 0 Å². The van der Waals surface area contributed by atoms with E-state index in [1.165, 1.54) is 16.3 Å². The van der Waals surface area contributed by atoms with Gasteiger partial charge in [-0.15, -0.1) is 0 Å². The van der Waals surface area contributed by atoms with Gasteiger partial charge in [0.15, 0.2) is 0 Å². The molecular formula is C16H19NOS. The van der Waals surface area contributed by atoms with Gasteiger partial charge in [-0.25, -0.2) is 0 Å². The number of likely N-dealkylation sites (N-methyl/N-ethyl adjacent to an activating group) is 1. The highest BCUT2D eigenvalue weighted by Crippen LogP contribution is 2.30. The fourth-order valence-corrected chi connectivity index (χ4v) is 3.66. The Hall–Kier alpha value is -1.03. The molecule has 0 bridgehead atoms. The largest absolute Gasteiger partial charge is 0.375 e. The van der Waals surface area contributed by atoms with E-state index in [0.717, 1.165) is 18.1 Å². The fraction of sp³-hybridized carbons (Fsp3) is 0.375. The monoisotopic (exact) mass is 273 g/mol. The molecule has 2 unspecified atom stereocenters. The molecule has 0 spiro atoms. The summed E-state index contributed by atoms with van der Waals surface area (Å²) in [7, 11) is 2.02. The summed E-state index contributed by atoms with van der Waals surface area (Å²) in [5.74, 6) is 2.18. The van der Waals surface area contributed by atoms with E-state index in [-0.39, 0.29) is 12.1 Å². The van der Waals surface area contributed by atoms with Crippen molar-refractivity contribution in [2.45, 2.75) is 12.1 Å². The number of fused-ring (bicyclic) bond motifs is 1. The minimum Gasteiger partial charge on any atom is -0.375 e. The third kappa shape index (κ3) is 2.64. The van der Waals surface area contributed by atoms with E-state index in [0.29, 0.717) is 0 Å². The van der Waals surface area contributed by atoms with Gasteiger partial charge in [-0.3, -0.25) is 0 Å². The van der Waals surface area contributed by atoms with Crippen molar-refractivity contribution < 1.29 is 4.74 Å². The maximum absolute atomic E-state index is 5.95. The molecule has 1 aliphatic rings. The number of rotatable bonds is 3. The van der Waals surface area contributed by atoms with Crippen molar-refractivity contribution in [3.63, 3.8) is 0 Å². The van der Waals surface area contributed by atoms with Crippen molar-refractivity contribution >= 4 is 22.5 Å². The van der Waals surface area contributed by atoms with Crippen LogP contribution in [-0.2, 0) is 4.74 Å².